The maximum atomic E-state index is 12.4. The molecule has 4 rings (SSSR count). The molecule has 1 aliphatic heterocycles. The lowest BCUT2D eigenvalue weighted by Gasteiger charge is -2.29. The van der Waals surface area contributed by atoms with Gasteiger partial charge in [-0.2, -0.15) is 0 Å². The van der Waals surface area contributed by atoms with Crippen LogP contribution in [0.3, 0.4) is 0 Å². The van der Waals surface area contributed by atoms with Gasteiger partial charge in [-0.15, -0.1) is 11.3 Å². The fourth-order valence-electron chi connectivity index (χ4n) is 4.32. The van der Waals surface area contributed by atoms with Crippen LogP contribution in [0, 0.1) is 5.92 Å². The van der Waals surface area contributed by atoms with Gasteiger partial charge in [0, 0.05) is 35.2 Å². The molecular weight excluding hydrogens is 408 g/mol. The first kappa shape index (κ1) is 20.2. The van der Waals surface area contributed by atoms with E-state index in [4.69, 9.17) is 17.3 Å². The average Bonchev–Trinajstić information content (AvgIpc) is 3.30. The molecule has 0 spiro atoms. The zero-order valence-corrected chi connectivity index (χ0v) is 17.7. The van der Waals surface area contributed by atoms with E-state index >= 15 is 0 Å². The summed E-state index contributed by atoms with van der Waals surface area (Å²) in [5.74, 6) is 0.295. The zero-order chi connectivity index (χ0) is 20.4. The van der Waals surface area contributed by atoms with Crippen molar-refractivity contribution in [1.29, 1.82) is 0 Å². The number of rotatable bonds is 5. The summed E-state index contributed by atoms with van der Waals surface area (Å²) in [7, 11) is 0. The zero-order valence-electron chi connectivity index (χ0n) is 16.2. The van der Waals surface area contributed by atoms with Crippen molar-refractivity contribution >= 4 is 45.6 Å². The van der Waals surface area contributed by atoms with Gasteiger partial charge in [-0.3, -0.25) is 15.0 Å². The minimum absolute atomic E-state index is 0.406. The predicted molar refractivity (Wildman–Crippen MR) is 118 cm³/mol. The van der Waals surface area contributed by atoms with Crippen molar-refractivity contribution in [2.75, 3.05) is 23.7 Å². The maximum absolute atomic E-state index is 12.4. The molecule has 0 radical (unpaired) electrons. The number of anilines is 2. The van der Waals surface area contributed by atoms with Crippen molar-refractivity contribution in [3.63, 3.8) is 0 Å². The van der Waals surface area contributed by atoms with Crippen LogP contribution in [0.5, 0.6) is 0 Å². The molecule has 2 aliphatic rings. The quantitative estimate of drug-likeness (QED) is 0.640. The van der Waals surface area contributed by atoms with E-state index in [0.29, 0.717) is 21.3 Å². The summed E-state index contributed by atoms with van der Waals surface area (Å²) in [6.07, 6.45) is 6.10. The lowest BCUT2D eigenvalue weighted by molar-refractivity contribution is 0.0999. The number of carbonyl (C=O) groups is 2. The smallest absolute Gasteiger partial charge is 0.324 e. The molecule has 1 saturated carbocycles. The van der Waals surface area contributed by atoms with Gasteiger partial charge in [0.1, 0.15) is 5.00 Å². The van der Waals surface area contributed by atoms with Crippen LogP contribution in [-0.4, -0.2) is 29.9 Å². The van der Waals surface area contributed by atoms with Crippen LogP contribution in [0.4, 0.5) is 15.5 Å². The number of urea groups is 1. The number of nitrogens with two attached hydrogens (primary N) is 1. The molecule has 0 atom stereocenters. The van der Waals surface area contributed by atoms with Crippen molar-refractivity contribution in [2.45, 2.75) is 38.6 Å². The highest BCUT2D eigenvalue weighted by Gasteiger charge is 2.29. The van der Waals surface area contributed by atoms with Crippen molar-refractivity contribution in [3.8, 4) is 0 Å². The Balaban J connectivity index is 1.47. The number of amides is 3. The molecule has 154 valence electrons. The Kier molecular flexibility index (Phi) is 6.08. The second-order valence-corrected chi connectivity index (χ2v) is 9.34. The lowest BCUT2D eigenvalue weighted by Crippen LogP contribution is -2.34. The highest BCUT2D eigenvalue weighted by Crippen LogP contribution is 2.38. The van der Waals surface area contributed by atoms with E-state index in [2.05, 4.69) is 15.5 Å². The van der Waals surface area contributed by atoms with Crippen molar-refractivity contribution in [1.82, 2.24) is 4.90 Å². The van der Waals surface area contributed by atoms with E-state index in [1.54, 1.807) is 24.3 Å². The summed E-state index contributed by atoms with van der Waals surface area (Å²) >= 11 is 7.33. The van der Waals surface area contributed by atoms with E-state index in [-0.39, 0.29) is 0 Å². The van der Waals surface area contributed by atoms with Crippen LogP contribution in [0.15, 0.2) is 24.3 Å². The Bertz CT molecular complexity index is 906. The Morgan fingerprint density at radius 1 is 1.17 bits per heavy atom. The monoisotopic (exact) mass is 432 g/mol. The van der Waals surface area contributed by atoms with Gasteiger partial charge in [0.2, 0.25) is 0 Å². The standard InChI is InChI=1S/C21H25ClN4O2S/c22-14-5-7-15(8-6-14)24-21(28)25-20-18(19(23)27)16-9-10-26(12-17(16)29-20)11-13-3-1-2-4-13/h5-8,13H,1-4,9-12H2,(H2,23,27)(H2,24,25,28). The molecule has 0 bridgehead atoms. The van der Waals surface area contributed by atoms with E-state index in [0.717, 1.165) is 42.4 Å². The topological polar surface area (TPSA) is 87.5 Å². The Hall–Kier alpha value is -2.09. The molecule has 1 aliphatic carbocycles. The summed E-state index contributed by atoms with van der Waals surface area (Å²) in [5.41, 5.74) is 7.73. The lowest BCUT2D eigenvalue weighted by atomic mass is 10.0. The number of primary amides is 1. The number of carbonyl (C=O) groups excluding carboxylic acids is 2. The van der Waals surface area contributed by atoms with Crippen molar-refractivity contribution in [3.05, 3.63) is 45.3 Å². The minimum atomic E-state index is -0.492. The first-order valence-corrected chi connectivity index (χ1v) is 11.2. The molecule has 1 aromatic heterocycles. The van der Waals surface area contributed by atoms with Gasteiger partial charge in [0.15, 0.2) is 0 Å². The highest BCUT2D eigenvalue weighted by molar-refractivity contribution is 7.17. The maximum Gasteiger partial charge on any atom is 0.324 e. The van der Waals surface area contributed by atoms with Crippen LogP contribution < -0.4 is 16.4 Å². The van der Waals surface area contributed by atoms with Crippen LogP contribution in [0.1, 0.15) is 46.5 Å². The molecule has 8 heteroatoms. The van der Waals surface area contributed by atoms with Gasteiger partial charge >= 0.3 is 6.03 Å². The highest BCUT2D eigenvalue weighted by atomic mass is 35.5. The van der Waals surface area contributed by atoms with Gasteiger partial charge in [-0.25, -0.2) is 4.79 Å². The van der Waals surface area contributed by atoms with E-state index < -0.39 is 11.9 Å². The summed E-state index contributed by atoms with van der Waals surface area (Å²) < 4.78 is 0. The van der Waals surface area contributed by atoms with E-state index in [1.807, 2.05) is 0 Å². The molecule has 1 aromatic carbocycles. The van der Waals surface area contributed by atoms with Gasteiger partial charge in [0.25, 0.3) is 5.91 Å². The fraction of sp³-hybridized carbons (Fsp3) is 0.429. The number of benzene rings is 1. The Morgan fingerprint density at radius 2 is 1.90 bits per heavy atom. The third kappa shape index (κ3) is 4.74. The first-order valence-electron chi connectivity index (χ1n) is 10.00. The van der Waals surface area contributed by atoms with Crippen molar-refractivity contribution in [2.24, 2.45) is 11.7 Å². The molecule has 4 N–H and O–H groups in total. The number of hydrogen-bond donors (Lipinski definition) is 3. The number of halogens is 1. The Morgan fingerprint density at radius 3 is 2.59 bits per heavy atom. The fourth-order valence-corrected chi connectivity index (χ4v) is 5.73. The summed E-state index contributed by atoms with van der Waals surface area (Å²) in [5, 5.41) is 6.69. The second-order valence-electron chi connectivity index (χ2n) is 7.79. The number of hydrogen-bond acceptors (Lipinski definition) is 4. The number of fused-ring (bicyclic) bond motifs is 1. The van der Waals surface area contributed by atoms with Gasteiger partial charge in [0.05, 0.1) is 5.56 Å². The molecule has 2 heterocycles. The summed E-state index contributed by atoms with van der Waals surface area (Å²) in [6.45, 7) is 2.86. The molecule has 29 heavy (non-hydrogen) atoms. The summed E-state index contributed by atoms with van der Waals surface area (Å²) in [6, 6.07) is 6.44. The Labute approximate surface area is 179 Å². The number of nitrogens with one attached hydrogen (secondary N) is 2. The molecule has 3 amide bonds. The molecule has 0 saturated heterocycles. The molecule has 2 aromatic rings. The average molecular weight is 433 g/mol. The number of thiophene rings is 1. The number of nitrogens with zero attached hydrogens (tertiary/aromatic N) is 1. The van der Waals surface area contributed by atoms with Crippen LogP contribution in [0.2, 0.25) is 5.02 Å². The van der Waals surface area contributed by atoms with Crippen LogP contribution in [-0.2, 0) is 13.0 Å². The minimum Gasteiger partial charge on any atom is -0.365 e. The normalized spacial score (nSPS) is 17.1. The SMILES string of the molecule is NC(=O)c1c(NC(=O)Nc2ccc(Cl)cc2)sc2c1CCN(CC1CCCC1)C2. The third-order valence-electron chi connectivity index (χ3n) is 5.70. The molecule has 1 fully saturated rings. The largest absolute Gasteiger partial charge is 0.365 e. The first-order chi connectivity index (χ1) is 14.0. The summed E-state index contributed by atoms with van der Waals surface area (Å²) in [4.78, 5) is 28.2. The van der Waals surface area contributed by atoms with E-state index in [9.17, 15) is 9.59 Å². The van der Waals surface area contributed by atoms with Crippen LogP contribution >= 0.6 is 22.9 Å². The molecule has 0 unspecified atom stereocenters. The molecular formula is C21H25ClN4O2S. The molecule has 6 nitrogen and oxygen atoms in total. The third-order valence-corrected chi connectivity index (χ3v) is 7.09. The van der Waals surface area contributed by atoms with Gasteiger partial charge in [-0.05, 0) is 55.0 Å². The van der Waals surface area contributed by atoms with Gasteiger partial charge < -0.3 is 11.1 Å². The van der Waals surface area contributed by atoms with Crippen molar-refractivity contribution < 1.29 is 9.59 Å². The predicted octanol–water partition coefficient (Wildman–Crippen LogP) is 4.69. The van der Waals surface area contributed by atoms with Crippen LogP contribution in [0.25, 0.3) is 0 Å². The second kappa shape index (κ2) is 8.73. The van der Waals surface area contributed by atoms with Gasteiger partial charge in [-0.1, -0.05) is 24.4 Å². The van der Waals surface area contributed by atoms with E-state index in [1.165, 1.54) is 37.0 Å².